The van der Waals surface area contributed by atoms with Gasteiger partial charge in [0.2, 0.25) is 0 Å². The molecule has 0 fully saturated rings. The minimum Gasteiger partial charge on any atom is -0.478 e. The Hall–Kier alpha value is -2.08. The highest BCUT2D eigenvalue weighted by Gasteiger charge is 2.70. The molecule has 0 aromatic heterocycles. The molecule has 118 valence electrons. The minimum absolute atomic E-state index is 0.254. The van der Waals surface area contributed by atoms with Gasteiger partial charge in [-0.1, -0.05) is 42.7 Å². The van der Waals surface area contributed by atoms with Crippen molar-refractivity contribution in [3.05, 3.63) is 34.9 Å². The molecule has 0 unspecified atom stereocenters. The third kappa shape index (κ3) is 1.98. The zero-order chi connectivity index (χ0) is 16.5. The van der Waals surface area contributed by atoms with Crippen LogP contribution in [0, 0.1) is 5.41 Å². The van der Waals surface area contributed by atoms with Crippen LogP contribution in [0.3, 0.4) is 0 Å². The predicted molar refractivity (Wildman–Crippen MR) is 80.1 cm³/mol. The Bertz CT molecular complexity index is 620. The van der Waals surface area contributed by atoms with E-state index < -0.39 is 23.0 Å². The van der Waals surface area contributed by atoms with E-state index in [0.717, 1.165) is 0 Å². The highest BCUT2D eigenvalue weighted by molar-refractivity contribution is 6.30. The van der Waals surface area contributed by atoms with Gasteiger partial charge in [0.1, 0.15) is 0 Å². The van der Waals surface area contributed by atoms with Gasteiger partial charge in [-0.3, -0.25) is 0 Å². The second-order valence-electron chi connectivity index (χ2n) is 5.12. The lowest BCUT2D eigenvalue weighted by Crippen LogP contribution is -2.60. The highest BCUT2D eigenvalue weighted by Crippen LogP contribution is 2.49. The Morgan fingerprint density at radius 3 is 2.05 bits per heavy atom. The quantitative estimate of drug-likeness (QED) is 0.811. The van der Waals surface area contributed by atoms with Gasteiger partial charge in [-0.2, -0.15) is 0 Å². The molecule has 2 N–H and O–H groups in total. The fraction of sp³-hybridized carbons (Fsp3) is 0.400. The lowest BCUT2D eigenvalue weighted by molar-refractivity contribution is -0.192. The molecule has 7 heteroatoms. The molecule has 1 aliphatic heterocycles. The molecule has 1 aromatic carbocycles. The van der Waals surface area contributed by atoms with Crippen LogP contribution in [0.15, 0.2) is 29.4 Å². The minimum atomic E-state index is -2.43. The van der Waals surface area contributed by atoms with E-state index in [0.29, 0.717) is 16.3 Å². The van der Waals surface area contributed by atoms with Crippen LogP contribution in [0.4, 0.5) is 0 Å². The highest BCUT2D eigenvalue weighted by atomic mass is 35.5. The number of benzene rings is 1. The number of rotatable bonds is 5. The summed E-state index contributed by atoms with van der Waals surface area (Å²) in [4.78, 5) is 28.5. The van der Waals surface area contributed by atoms with Gasteiger partial charge in [0.25, 0.3) is 0 Å². The fourth-order valence-electron chi connectivity index (χ4n) is 3.05. The summed E-state index contributed by atoms with van der Waals surface area (Å²) in [5.74, 6) is -3.12. The second-order valence-corrected chi connectivity index (χ2v) is 5.56. The molecule has 0 saturated heterocycles. The smallest absolute Gasteiger partial charge is 0.364 e. The Morgan fingerprint density at radius 1 is 1.14 bits per heavy atom. The number of oxime groups is 1. The van der Waals surface area contributed by atoms with Crippen molar-refractivity contribution in [3.8, 4) is 0 Å². The Kier molecular flexibility index (Phi) is 4.15. The van der Waals surface area contributed by atoms with Gasteiger partial charge < -0.3 is 15.1 Å². The summed E-state index contributed by atoms with van der Waals surface area (Å²) in [7, 11) is 0. The van der Waals surface area contributed by atoms with Crippen molar-refractivity contribution in [3.63, 3.8) is 0 Å². The van der Waals surface area contributed by atoms with E-state index in [4.69, 9.17) is 16.4 Å². The normalized spacial score (nSPS) is 18.4. The van der Waals surface area contributed by atoms with Gasteiger partial charge in [-0.25, -0.2) is 9.59 Å². The molecule has 0 bridgehead atoms. The van der Waals surface area contributed by atoms with Gasteiger partial charge in [0.05, 0.1) is 11.1 Å². The van der Waals surface area contributed by atoms with Crippen molar-refractivity contribution in [2.75, 3.05) is 0 Å². The standard InChI is InChI=1S/C15H16ClNO5/c1-3-14(4-2)11(9-5-7-10(16)8-6-9)17-22-15(14,12(18)19)13(20)21/h5-8H,3-4H2,1-2H3,(H,18,19)(H,20,21). The summed E-state index contributed by atoms with van der Waals surface area (Å²) in [6, 6.07) is 6.61. The van der Waals surface area contributed by atoms with E-state index in [2.05, 4.69) is 5.16 Å². The van der Waals surface area contributed by atoms with Crippen molar-refractivity contribution in [1.29, 1.82) is 0 Å². The molecule has 6 nitrogen and oxygen atoms in total. The first-order chi connectivity index (χ1) is 10.4. The summed E-state index contributed by atoms with van der Waals surface area (Å²) < 4.78 is 0. The molecular weight excluding hydrogens is 310 g/mol. The lowest BCUT2D eigenvalue weighted by Gasteiger charge is -2.36. The number of hydrogen-bond acceptors (Lipinski definition) is 4. The summed E-state index contributed by atoms with van der Waals surface area (Å²) in [6.45, 7) is 3.45. The first kappa shape index (κ1) is 16.3. The van der Waals surface area contributed by atoms with Crippen LogP contribution in [-0.2, 0) is 14.4 Å². The predicted octanol–water partition coefficient (Wildman–Crippen LogP) is 2.79. The molecular formula is C15H16ClNO5. The third-order valence-electron chi connectivity index (χ3n) is 4.33. The van der Waals surface area contributed by atoms with Gasteiger partial charge in [-0.05, 0) is 25.0 Å². The number of carboxylic acid groups (broad SMARTS) is 2. The SMILES string of the molecule is CCC1(CC)C(c2ccc(Cl)cc2)=NOC1(C(=O)O)C(=O)O. The van der Waals surface area contributed by atoms with Crippen LogP contribution in [0.1, 0.15) is 32.3 Å². The maximum atomic E-state index is 11.7. The number of carboxylic acids is 2. The Balaban J connectivity index is 2.65. The van der Waals surface area contributed by atoms with Gasteiger partial charge in [0, 0.05) is 10.6 Å². The van der Waals surface area contributed by atoms with Crippen molar-refractivity contribution < 1.29 is 24.6 Å². The number of nitrogens with zero attached hydrogens (tertiary/aromatic N) is 1. The first-order valence-electron chi connectivity index (χ1n) is 6.85. The monoisotopic (exact) mass is 325 g/mol. The number of halogens is 1. The van der Waals surface area contributed by atoms with Gasteiger partial charge >= 0.3 is 17.5 Å². The molecule has 1 aliphatic rings. The second kappa shape index (κ2) is 5.61. The van der Waals surface area contributed by atoms with Gasteiger partial charge in [0.15, 0.2) is 0 Å². The van der Waals surface area contributed by atoms with Gasteiger partial charge in [-0.15, -0.1) is 0 Å². The molecule has 2 rings (SSSR count). The van der Waals surface area contributed by atoms with Crippen molar-refractivity contribution in [1.82, 2.24) is 0 Å². The van der Waals surface area contributed by atoms with E-state index in [1.165, 1.54) is 0 Å². The molecule has 0 spiro atoms. The van der Waals surface area contributed by atoms with Crippen molar-refractivity contribution in [2.24, 2.45) is 10.6 Å². The van der Waals surface area contributed by atoms with E-state index in [1.54, 1.807) is 38.1 Å². The van der Waals surface area contributed by atoms with E-state index in [1.807, 2.05) is 0 Å². The lowest BCUT2D eigenvalue weighted by atomic mass is 9.64. The van der Waals surface area contributed by atoms with Crippen LogP contribution >= 0.6 is 11.6 Å². The molecule has 0 atom stereocenters. The van der Waals surface area contributed by atoms with Crippen LogP contribution in [-0.4, -0.2) is 33.5 Å². The molecule has 0 aliphatic carbocycles. The van der Waals surface area contributed by atoms with E-state index in [9.17, 15) is 19.8 Å². The average Bonchev–Trinajstić information content (AvgIpc) is 2.84. The Morgan fingerprint density at radius 2 is 1.64 bits per heavy atom. The number of aliphatic carboxylic acids is 2. The largest absolute Gasteiger partial charge is 0.478 e. The molecule has 22 heavy (non-hydrogen) atoms. The van der Waals surface area contributed by atoms with Crippen molar-refractivity contribution in [2.45, 2.75) is 32.3 Å². The first-order valence-corrected chi connectivity index (χ1v) is 7.23. The Labute approximate surface area is 132 Å². The number of hydrogen-bond donors (Lipinski definition) is 2. The number of carbonyl (C=O) groups is 2. The molecule has 1 heterocycles. The van der Waals surface area contributed by atoms with Crippen molar-refractivity contribution >= 4 is 29.3 Å². The zero-order valence-corrected chi connectivity index (χ0v) is 12.9. The zero-order valence-electron chi connectivity index (χ0n) is 12.2. The van der Waals surface area contributed by atoms with E-state index >= 15 is 0 Å². The van der Waals surface area contributed by atoms with Crippen LogP contribution in [0.2, 0.25) is 5.02 Å². The maximum Gasteiger partial charge on any atom is 0.364 e. The maximum absolute atomic E-state index is 11.7. The fourth-order valence-corrected chi connectivity index (χ4v) is 3.18. The van der Waals surface area contributed by atoms with E-state index in [-0.39, 0.29) is 12.8 Å². The van der Waals surface area contributed by atoms with Crippen LogP contribution in [0.25, 0.3) is 0 Å². The van der Waals surface area contributed by atoms with Crippen LogP contribution < -0.4 is 0 Å². The molecule has 0 radical (unpaired) electrons. The third-order valence-corrected chi connectivity index (χ3v) is 4.58. The summed E-state index contributed by atoms with van der Waals surface area (Å²) in [6.07, 6.45) is 0.507. The molecule has 0 amide bonds. The van der Waals surface area contributed by atoms with Crippen LogP contribution in [0.5, 0.6) is 0 Å². The topological polar surface area (TPSA) is 96.2 Å². The molecule has 1 aromatic rings. The summed E-state index contributed by atoms with van der Waals surface area (Å²) in [5, 5.41) is 23.4. The molecule has 0 saturated carbocycles. The summed E-state index contributed by atoms with van der Waals surface area (Å²) in [5.41, 5.74) is -2.78. The average molecular weight is 326 g/mol. The summed E-state index contributed by atoms with van der Waals surface area (Å²) >= 11 is 5.85.